The molecule has 0 amide bonds. The van der Waals surface area contributed by atoms with Gasteiger partial charge in [-0.15, -0.1) is 11.3 Å². The SMILES string of the molecule is CC(C)c1cn2c(CCOS(C)(=O)=O)csc2n1. The highest BCUT2D eigenvalue weighted by atomic mass is 32.2. The van der Waals surface area contributed by atoms with E-state index in [1.165, 1.54) is 0 Å². The van der Waals surface area contributed by atoms with E-state index in [4.69, 9.17) is 4.18 Å². The third-order valence-corrected chi connectivity index (χ3v) is 4.03. The average molecular weight is 288 g/mol. The Kier molecular flexibility index (Phi) is 3.74. The zero-order valence-electron chi connectivity index (χ0n) is 10.6. The summed E-state index contributed by atoms with van der Waals surface area (Å²) in [6, 6.07) is 0. The van der Waals surface area contributed by atoms with Crippen LogP contribution in [0.15, 0.2) is 11.6 Å². The lowest BCUT2D eigenvalue weighted by atomic mass is 10.2. The summed E-state index contributed by atoms with van der Waals surface area (Å²) in [5, 5.41) is 1.98. The third-order valence-electron chi connectivity index (χ3n) is 2.55. The van der Waals surface area contributed by atoms with Gasteiger partial charge in [0, 0.05) is 23.7 Å². The Bertz CT molecular complexity index is 640. The Morgan fingerprint density at radius 1 is 1.50 bits per heavy atom. The Labute approximate surface area is 111 Å². The van der Waals surface area contributed by atoms with Crippen molar-refractivity contribution in [3.8, 4) is 0 Å². The normalized spacial score (nSPS) is 12.7. The monoisotopic (exact) mass is 288 g/mol. The number of thiazole rings is 1. The highest BCUT2D eigenvalue weighted by molar-refractivity contribution is 7.85. The molecule has 0 spiro atoms. The van der Waals surface area contributed by atoms with E-state index in [0.717, 1.165) is 22.6 Å². The molecule has 2 aromatic rings. The van der Waals surface area contributed by atoms with Crippen LogP contribution in [-0.2, 0) is 20.7 Å². The molecule has 2 rings (SSSR count). The molecule has 0 bridgehead atoms. The molecule has 0 atom stereocenters. The van der Waals surface area contributed by atoms with Crippen LogP contribution in [0, 0.1) is 0 Å². The first kappa shape index (κ1) is 13.5. The van der Waals surface area contributed by atoms with Crippen LogP contribution in [0.3, 0.4) is 0 Å². The quantitative estimate of drug-likeness (QED) is 0.790. The summed E-state index contributed by atoms with van der Waals surface area (Å²) in [6.07, 6.45) is 3.62. The van der Waals surface area contributed by atoms with E-state index in [1.807, 2.05) is 16.0 Å². The summed E-state index contributed by atoms with van der Waals surface area (Å²) in [5.74, 6) is 0.386. The fourth-order valence-electron chi connectivity index (χ4n) is 1.60. The summed E-state index contributed by atoms with van der Waals surface area (Å²) in [7, 11) is -3.36. The van der Waals surface area contributed by atoms with Crippen LogP contribution >= 0.6 is 11.3 Å². The van der Waals surface area contributed by atoms with Crippen molar-refractivity contribution in [2.75, 3.05) is 12.9 Å². The lowest BCUT2D eigenvalue weighted by Gasteiger charge is -2.00. The molecule has 0 N–H and O–H groups in total. The molecule has 7 heteroatoms. The average Bonchev–Trinajstić information content (AvgIpc) is 2.77. The number of aromatic nitrogens is 2. The van der Waals surface area contributed by atoms with Crippen molar-refractivity contribution in [3.63, 3.8) is 0 Å². The van der Waals surface area contributed by atoms with Crippen LogP contribution in [-0.4, -0.2) is 30.7 Å². The van der Waals surface area contributed by atoms with Crippen molar-refractivity contribution < 1.29 is 12.6 Å². The molecule has 0 aromatic carbocycles. The minimum atomic E-state index is -3.36. The number of nitrogens with zero attached hydrogens (tertiary/aromatic N) is 2. The standard InChI is InChI=1S/C11H16N2O3S2/c1-8(2)10-6-13-9(7-17-11(13)12-10)4-5-16-18(3,14)15/h6-8H,4-5H2,1-3H3. The van der Waals surface area contributed by atoms with Crippen molar-refractivity contribution in [1.29, 1.82) is 0 Å². The molecule has 0 fully saturated rings. The molecule has 18 heavy (non-hydrogen) atoms. The molecule has 100 valence electrons. The van der Waals surface area contributed by atoms with E-state index in [0.29, 0.717) is 12.3 Å². The van der Waals surface area contributed by atoms with Gasteiger partial charge in [-0.25, -0.2) is 4.98 Å². The van der Waals surface area contributed by atoms with Crippen LogP contribution < -0.4 is 0 Å². The van der Waals surface area contributed by atoms with Crippen LogP contribution in [0.25, 0.3) is 4.96 Å². The highest BCUT2D eigenvalue weighted by Crippen LogP contribution is 2.21. The Morgan fingerprint density at radius 2 is 2.22 bits per heavy atom. The van der Waals surface area contributed by atoms with Gasteiger partial charge in [-0.2, -0.15) is 8.42 Å². The lowest BCUT2D eigenvalue weighted by Crippen LogP contribution is -2.07. The van der Waals surface area contributed by atoms with Crippen LogP contribution in [0.5, 0.6) is 0 Å². The van der Waals surface area contributed by atoms with Gasteiger partial charge >= 0.3 is 0 Å². The third kappa shape index (κ3) is 3.09. The molecule has 0 saturated carbocycles. The highest BCUT2D eigenvalue weighted by Gasteiger charge is 2.11. The maximum absolute atomic E-state index is 10.9. The van der Waals surface area contributed by atoms with E-state index in [9.17, 15) is 8.42 Å². The van der Waals surface area contributed by atoms with Crippen LogP contribution in [0.4, 0.5) is 0 Å². The summed E-state index contributed by atoms with van der Waals surface area (Å²) in [6.45, 7) is 4.36. The van der Waals surface area contributed by atoms with Gasteiger partial charge in [-0.05, 0) is 5.92 Å². The van der Waals surface area contributed by atoms with Gasteiger partial charge in [-0.1, -0.05) is 13.8 Å². The first-order valence-electron chi connectivity index (χ1n) is 5.66. The van der Waals surface area contributed by atoms with Gasteiger partial charge < -0.3 is 0 Å². The second kappa shape index (κ2) is 4.99. The van der Waals surface area contributed by atoms with Crippen molar-refractivity contribution in [3.05, 3.63) is 23.0 Å². The van der Waals surface area contributed by atoms with Gasteiger partial charge in [0.15, 0.2) is 4.96 Å². The van der Waals surface area contributed by atoms with E-state index < -0.39 is 10.1 Å². The van der Waals surface area contributed by atoms with E-state index in [-0.39, 0.29) is 6.61 Å². The van der Waals surface area contributed by atoms with Crippen molar-refractivity contribution >= 4 is 26.4 Å². The van der Waals surface area contributed by atoms with Gasteiger partial charge in [0.1, 0.15) is 0 Å². The smallest absolute Gasteiger partial charge is 0.264 e. The molecule has 2 heterocycles. The predicted molar refractivity (Wildman–Crippen MR) is 71.7 cm³/mol. The predicted octanol–water partition coefficient (Wildman–Crippen LogP) is 2.04. The Morgan fingerprint density at radius 3 is 2.83 bits per heavy atom. The molecule has 2 aromatic heterocycles. The molecular formula is C11H16N2O3S2. The minimum absolute atomic E-state index is 0.167. The lowest BCUT2D eigenvalue weighted by molar-refractivity contribution is 0.324. The van der Waals surface area contributed by atoms with Gasteiger partial charge in [0.25, 0.3) is 10.1 Å². The summed E-state index contributed by atoms with van der Waals surface area (Å²) in [4.78, 5) is 5.45. The Hall–Kier alpha value is -0.920. The summed E-state index contributed by atoms with van der Waals surface area (Å²) >= 11 is 1.56. The minimum Gasteiger partial charge on any atom is -0.294 e. The fraction of sp³-hybridized carbons (Fsp3) is 0.545. The van der Waals surface area contributed by atoms with Gasteiger partial charge in [0.2, 0.25) is 0 Å². The maximum Gasteiger partial charge on any atom is 0.264 e. The second-order valence-electron chi connectivity index (χ2n) is 4.48. The van der Waals surface area contributed by atoms with Gasteiger partial charge in [0.05, 0.1) is 18.6 Å². The van der Waals surface area contributed by atoms with E-state index >= 15 is 0 Å². The first-order chi connectivity index (χ1) is 8.37. The number of imidazole rings is 1. The molecular weight excluding hydrogens is 272 g/mol. The molecule has 0 aliphatic heterocycles. The molecule has 0 unspecified atom stereocenters. The topological polar surface area (TPSA) is 60.7 Å². The first-order valence-corrected chi connectivity index (χ1v) is 8.36. The second-order valence-corrected chi connectivity index (χ2v) is 6.96. The molecule has 5 nitrogen and oxygen atoms in total. The van der Waals surface area contributed by atoms with Crippen molar-refractivity contribution in [2.45, 2.75) is 26.2 Å². The summed E-state index contributed by atoms with van der Waals surface area (Å²) in [5.41, 5.74) is 2.07. The molecule has 0 radical (unpaired) electrons. The van der Waals surface area contributed by atoms with Crippen LogP contribution in [0.2, 0.25) is 0 Å². The molecule has 0 saturated heterocycles. The number of rotatable bonds is 5. The zero-order chi connectivity index (χ0) is 13.3. The fourth-order valence-corrected chi connectivity index (χ4v) is 2.90. The van der Waals surface area contributed by atoms with Crippen molar-refractivity contribution in [2.24, 2.45) is 0 Å². The number of hydrogen-bond acceptors (Lipinski definition) is 5. The number of fused-ring (bicyclic) bond motifs is 1. The van der Waals surface area contributed by atoms with E-state index in [2.05, 4.69) is 18.8 Å². The zero-order valence-corrected chi connectivity index (χ0v) is 12.2. The molecule has 0 aliphatic carbocycles. The maximum atomic E-state index is 10.9. The van der Waals surface area contributed by atoms with E-state index in [1.54, 1.807) is 11.3 Å². The van der Waals surface area contributed by atoms with Gasteiger partial charge in [-0.3, -0.25) is 8.58 Å². The molecule has 0 aliphatic rings. The van der Waals surface area contributed by atoms with Crippen molar-refractivity contribution in [1.82, 2.24) is 9.38 Å². The summed E-state index contributed by atoms with van der Waals surface area (Å²) < 4.78 is 28.5. The van der Waals surface area contributed by atoms with Crippen LogP contribution in [0.1, 0.15) is 31.2 Å². The largest absolute Gasteiger partial charge is 0.294 e. The Balaban J connectivity index is 2.13. The number of hydrogen-bond donors (Lipinski definition) is 0.